The number of carbonyl (C=O) groups is 2. The molecule has 0 radical (unpaired) electrons. The highest BCUT2D eigenvalue weighted by Gasteiger charge is 2.07. The van der Waals surface area contributed by atoms with Gasteiger partial charge in [-0.05, 0) is 19.8 Å². The van der Waals surface area contributed by atoms with Crippen LogP contribution in [0, 0.1) is 0 Å². The van der Waals surface area contributed by atoms with Crippen molar-refractivity contribution in [3.8, 4) is 0 Å². The van der Waals surface area contributed by atoms with Gasteiger partial charge in [-0.2, -0.15) is 0 Å². The van der Waals surface area contributed by atoms with E-state index in [-0.39, 0.29) is 18.2 Å². The van der Waals surface area contributed by atoms with Gasteiger partial charge >= 0.3 is 0 Å². The molecule has 0 aromatic carbocycles. The minimum Gasteiger partial charge on any atom is -0.345 e. The Kier molecular flexibility index (Phi) is 6.72. The molecule has 0 bridgehead atoms. The first-order valence-corrected chi connectivity index (χ1v) is 5.08. The third-order valence-corrected chi connectivity index (χ3v) is 1.76. The van der Waals surface area contributed by atoms with E-state index in [1.54, 1.807) is 0 Å². The van der Waals surface area contributed by atoms with Crippen LogP contribution < -0.4 is 5.32 Å². The minimum atomic E-state index is -0.107. The quantitative estimate of drug-likeness (QED) is 0.660. The lowest BCUT2D eigenvalue weighted by Gasteiger charge is -2.06. The molecule has 0 fully saturated rings. The zero-order valence-corrected chi connectivity index (χ0v) is 9.22. The van der Waals surface area contributed by atoms with Crippen LogP contribution in [0.1, 0.15) is 40.0 Å². The van der Waals surface area contributed by atoms with Crippen LogP contribution in [0.25, 0.3) is 0 Å². The van der Waals surface area contributed by atoms with Crippen LogP contribution >= 0.6 is 0 Å². The smallest absolute Gasteiger partial charge is 0.247 e. The van der Waals surface area contributed by atoms with Crippen molar-refractivity contribution >= 4 is 11.7 Å². The zero-order valence-electron chi connectivity index (χ0n) is 9.22. The number of allylic oxidation sites excluding steroid dienone is 1. The van der Waals surface area contributed by atoms with Gasteiger partial charge in [-0.25, -0.2) is 0 Å². The standard InChI is InChI=1S/C11H19NO2/c1-4-6-10(7-5-2)11(14)12-8-9(3)13/h6H,4-5,7-8H2,1-3H3,(H,12,14)/b10-6+. The van der Waals surface area contributed by atoms with Crippen LogP contribution in [0.15, 0.2) is 11.6 Å². The Labute approximate surface area is 85.6 Å². The maximum Gasteiger partial charge on any atom is 0.247 e. The van der Waals surface area contributed by atoms with Gasteiger partial charge in [0.1, 0.15) is 5.78 Å². The maximum atomic E-state index is 11.5. The van der Waals surface area contributed by atoms with Crippen molar-refractivity contribution in [3.05, 3.63) is 11.6 Å². The molecular formula is C11H19NO2. The second kappa shape index (κ2) is 7.30. The number of carbonyl (C=O) groups excluding carboxylic acids is 2. The summed E-state index contributed by atoms with van der Waals surface area (Å²) in [4.78, 5) is 22.1. The number of hydrogen-bond acceptors (Lipinski definition) is 2. The topological polar surface area (TPSA) is 46.2 Å². The third kappa shape index (κ3) is 5.51. The van der Waals surface area contributed by atoms with Crippen LogP contribution in [-0.4, -0.2) is 18.2 Å². The monoisotopic (exact) mass is 197 g/mol. The summed E-state index contributed by atoms with van der Waals surface area (Å²) < 4.78 is 0. The average Bonchev–Trinajstić information content (AvgIpc) is 2.14. The predicted octanol–water partition coefficient (Wildman–Crippen LogP) is 1.83. The summed E-state index contributed by atoms with van der Waals surface area (Å²) in [6.07, 6.45) is 4.48. The Morgan fingerprint density at radius 2 is 1.93 bits per heavy atom. The van der Waals surface area contributed by atoms with Crippen molar-refractivity contribution in [2.45, 2.75) is 40.0 Å². The number of ketones is 1. The Bertz CT molecular complexity index is 231. The van der Waals surface area contributed by atoms with Gasteiger partial charge in [-0.1, -0.05) is 26.3 Å². The molecule has 0 heterocycles. The molecular weight excluding hydrogens is 178 g/mol. The van der Waals surface area contributed by atoms with Crippen LogP contribution in [0.2, 0.25) is 0 Å². The highest BCUT2D eigenvalue weighted by Crippen LogP contribution is 2.05. The summed E-state index contributed by atoms with van der Waals surface area (Å²) in [7, 11) is 0. The van der Waals surface area contributed by atoms with Crippen molar-refractivity contribution in [3.63, 3.8) is 0 Å². The van der Waals surface area contributed by atoms with Crippen molar-refractivity contribution in [2.75, 3.05) is 6.54 Å². The normalized spacial score (nSPS) is 11.2. The number of amides is 1. The number of rotatable bonds is 6. The molecule has 1 amide bonds. The summed E-state index contributed by atoms with van der Waals surface area (Å²) >= 11 is 0. The molecule has 0 aliphatic rings. The lowest BCUT2D eigenvalue weighted by atomic mass is 10.1. The zero-order chi connectivity index (χ0) is 11.0. The van der Waals surface area contributed by atoms with Gasteiger partial charge in [0.15, 0.2) is 0 Å². The lowest BCUT2D eigenvalue weighted by Crippen LogP contribution is -2.29. The molecule has 14 heavy (non-hydrogen) atoms. The van der Waals surface area contributed by atoms with Crippen molar-refractivity contribution in [1.29, 1.82) is 0 Å². The van der Waals surface area contributed by atoms with Crippen molar-refractivity contribution in [1.82, 2.24) is 5.32 Å². The molecule has 0 saturated heterocycles. The van der Waals surface area contributed by atoms with E-state index in [1.807, 2.05) is 19.9 Å². The molecule has 0 aliphatic carbocycles. The van der Waals surface area contributed by atoms with E-state index in [0.717, 1.165) is 24.8 Å². The van der Waals surface area contributed by atoms with E-state index < -0.39 is 0 Å². The summed E-state index contributed by atoms with van der Waals surface area (Å²) in [5.41, 5.74) is 0.788. The fourth-order valence-corrected chi connectivity index (χ4v) is 1.14. The Morgan fingerprint density at radius 3 is 2.36 bits per heavy atom. The molecule has 3 nitrogen and oxygen atoms in total. The molecule has 0 aromatic rings. The number of Topliss-reactive ketones (excluding diaryl/α,β-unsaturated/α-hetero) is 1. The van der Waals surface area contributed by atoms with Crippen LogP contribution in [0.3, 0.4) is 0 Å². The number of hydrogen-bond donors (Lipinski definition) is 1. The van der Waals surface area contributed by atoms with Gasteiger partial charge in [-0.15, -0.1) is 0 Å². The largest absolute Gasteiger partial charge is 0.345 e. The summed E-state index contributed by atoms with van der Waals surface area (Å²) in [5.74, 6) is -0.130. The van der Waals surface area contributed by atoms with Gasteiger partial charge in [0.25, 0.3) is 0 Å². The minimum absolute atomic E-state index is 0.0225. The Hall–Kier alpha value is -1.12. The third-order valence-electron chi connectivity index (χ3n) is 1.76. The Balaban J connectivity index is 4.15. The van der Waals surface area contributed by atoms with E-state index >= 15 is 0 Å². The fraction of sp³-hybridized carbons (Fsp3) is 0.636. The molecule has 80 valence electrons. The first-order chi connectivity index (χ1) is 6.61. The Morgan fingerprint density at radius 1 is 1.29 bits per heavy atom. The van der Waals surface area contributed by atoms with Crippen molar-refractivity contribution in [2.24, 2.45) is 0 Å². The highest BCUT2D eigenvalue weighted by atomic mass is 16.2. The second-order valence-corrected chi connectivity index (χ2v) is 3.27. The molecule has 0 aliphatic heterocycles. The molecule has 0 atom stereocenters. The van der Waals surface area contributed by atoms with Gasteiger partial charge in [0, 0.05) is 5.57 Å². The van der Waals surface area contributed by atoms with Gasteiger partial charge in [0.2, 0.25) is 5.91 Å². The van der Waals surface area contributed by atoms with Crippen LogP contribution in [0.5, 0.6) is 0 Å². The lowest BCUT2D eigenvalue weighted by molar-refractivity contribution is -0.122. The van der Waals surface area contributed by atoms with E-state index in [2.05, 4.69) is 5.32 Å². The second-order valence-electron chi connectivity index (χ2n) is 3.27. The maximum absolute atomic E-state index is 11.5. The fourth-order valence-electron chi connectivity index (χ4n) is 1.14. The van der Waals surface area contributed by atoms with Crippen LogP contribution in [-0.2, 0) is 9.59 Å². The molecule has 0 rings (SSSR count). The van der Waals surface area contributed by atoms with E-state index in [1.165, 1.54) is 6.92 Å². The molecule has 0 aromatic heterocycles. The summed E-state index contributed by atoms with van der Waals surface area (Å²) in [6, 6.07) is 0. The average molecular weight is 197 g/mol. The van der Waals surface area contributed by atoms with E-state index in [9.17, 15) is 9.59 Å². The predicted molar refractivity (Wildman–Crippen MR) is 57.0 cm³/mol. The molecule has 0 saturated carbocycles. The highest BCUT2D eigenvalue weighted by molar-refractivity contribution is 5.95. The van der Waals surface area contributed by atoms with Gasteiger partial charge < -0.3 is 5.32 Å². The number of nitrogens with one attached hydrogen (secondary N) is 1. The van der Waals surface area contributed by atoms with Crippen molar-refractivity contribution < 1.29 is 9.59 Å². The van der Waals surface area contributed by atoms with E-state index in [0.29, 0.717) is 0 Å². The van der Waals surface area contributed by atoms with Gasteiger partial charge in [-0.3, -0.25) is 9.59 Å². The first-order valence-electron chi connectivity index (χ1n) is 5.08. The molecule has 1 N–H and O–H groups in total. The molecule has 0 spiro atoms. The SMILES string of the molecule is CC/C=C(\CCC)C(=O)NCC(C)=O. The molecule has 0 unspecified atom stereocenters. The summed E-state index contributed by atoms with van der Waals surface area (Å²) in [5, 5.41) is 2.60. The first kappa shape index (κ1) is 12.9. The molecule has 3 heteroatoms. The van der Waals surface area contributed by atoms with Crippen LogP contribution in [0.4, 0.5) is 0 Å². The summed E-state index contributed by atoms with van der Waals surface area (Å²) in [6.45, 7) is 5.61. The van der Waals surface area contributed by atoms with Gasteiger partial charge in [0.05, 0.1) is 6.54 Å². The van der Waals surface area contributed by atoms with E-state index in [4.69, 9.17) is 0 Å².